The monoisotopic (exact) mass is 568 g/mol. The maximum Gasteiger partial charge on any atom is 0.259 e. The van der Waals surface area contributed by atoms with Gasteiger partial charge in [-0.1, -0.05) is 30.3 Å². The Balaban J connectivity index is 1.67. The van der Waals surface area contributed by atoms with E-state index in [2.05, 4.69) is 5.32 Å². The molecule has 2 atom stereocenters. The molecule has 0 unspecified atom stereocenters. The Morgan fingerprint density at radius 1 is 0.714 bits per heavy atom. The summed E-state index contributed by atoms with van der Waals surface area (Å²) in [7, 11) is 7.71. The van der Waals surface area contributed by atoms with Gasteiger partial charge in [0.1, 0.15) is 11.5 Å². The number of hydrogen-bond acceptors (Lipinski definition) is 7. The van der Waals surface area contributed by atoms with E-state index >= 15 is 0 Å². The topological polar surface area (TPSA) is 95.6 Å². The van der Waals surface area contributed by atoms with Crippen molar-refractivity contribution < 1.29 is 33.3 Å². The van der Waals surface area contributed by atoms with Crippen LogP contribution in [-0.4, -0.2) is 47.4 Å². The summed E-state index contributed by atoms with van der Waals surface area (Å²) < 4.78 is 27.1. The van der Waals surface area contributed by atoms with Gasteiger partial charge in [-0.2, -0.15) is 0 Å². The van der Waals surface area contributed by atoms with E-state index in [9.17, 15) is 9.59 Å². The molecule has 9 heteroatoms. The van der Waals surface area contributed by atoms with Gasteiger partial charge in [-0.15, -0.1) is 0 Å². The molecule has 216 valence electrons. The zero-order chi connectivity index (χ0) is 29.8. The molecule has 5 rings (SSSR count). The quantitative estimate of drug-likeness (QED) is 0.271. The van der Waals surface area contributed by atoms with Gasteiger partial charge in [-0.05, 0) is 53.6 Å². The average Bonchev–Trinajstić information content (AvgIpc) is 3.04. The van der Waals surface area contributed by atoms with Crippen LogP contribution in [0.15, 0.2) is 84.9 Å². The number of benzene rings is 4. The molecule has 4 aromatic carbocycles. The van der Waals surface area contributed by atoms with E-state index in [1.165, 1.54) is 21.3 Å². The Kier molecular flexibility index (Phi) is 8.19. The van der Waals surface area contributed by atoms with E-state index in [4.69, 9.17) is 23.7 Å². The number of fused-ring (bicyclic) bond motifs is 1. The maximum absolute atomic E-state index is 14.4. The van der Waals surface area contributed by atoms with Gasteiger partial charge in [0.25, 0.3) is 5.91 Å². The Hall–Kier alpha value is -5.18. The fourth-order valence-electron chi connectivity index (χ4n) is 5.36. The number of hydrogen-bond donors (Lipinski definition) is 1. The Labute approximate surface area is 244 Å². The number of carbonyl (C=O) groups is 2. The summed E-state index contributed by atoms with van der Waals surface area (Å²) in [5.41, 5.74) is 2.91. The summed E-state index contributed by atoms with van der Waals surface area (Å²) >= 11 is 0. The van der Waals surface area contributed by atoms with Gasteiger partial charge in [0.2, 0.25) is 11.7 Å². The molecule has 1 heterocycles. The molecule has 0 radical (unpaired) electrons. The molecule has 0 bridgehead atoms. The first kappa shape index (κ1) is 28.4. The smallest absolute Gasteiger partial charge is 0.259 e. The summed E-state index contributed by atoms with van der Waals surface area (Å²) in [5.74, 6) is 1.21. The van der Waals surface area contributed by atoms with Crippen molar-refractivity contribution in [3.63, 3.8) is 0 Å². The Morgan fingerprint density at radius 3 is 1.83 bits per heavy atom. The highest BCUT2D eigenvalue weighted by molar-refractivity contribution is 6.12. The first-order chi connectivity index (χ1) is 20.4. The van der Waals surface area contributed by atoms with Gasteiger partial charge in [-0.3, -0.25) is 14.5 Å². The predicted octanol–water partition coefficient (Wildman–Crippen LogP) is 5.85. The summed E-state index contributed by atoms with van der Waals surface area (Å²) in [5, 5.41) is 3.04. The zero-order valence-corrected chi connectivity index (χ0v) is 24.0. The van der Waals surface area contributed by atoms with Crippen molar-refractivity contribution in [2.45, 2.75) is 12.0 Å². The third-order valence-corrected chi connectivity index (χ3v) is 7.36. The van der Waals surface area contributed by atoms with E-state index < -0.39 is 12.0 Å². The van der Waals surface area contributed by atoms with Crippen LogP contribution in [0, 0.1) is 0 Å². The van der Waals surface area contributed by atoms with Gasteiger partial charge >= 0.3 is 0 Å². The molecule has 1 N–H and O–H groups in total. The summed E-state index contributed by atoms with van der Waals surface area (Å²) in [6.07, 6.45) is 0. The normalized spacial score (nSPS) is 15.8. The molecule has 4 aromatic rings. The molecule has 42 heavy (non-hydrogen) atoms. The van der Waals surface area contributed by atoms with Crippen LogP contribution in [0.5, 0.6) is 28.7 Å². The standard InChI is InChI=1S/C33H32N2O7/c1-38-23-14-10-20(11-15-23)30-29(32(36)34-21-18-27(40-3)31(42-5)28(19-21)41-4)25-8-6-7-9-26(25)33(37)35(30)22-12-16-24(39-2)17-13-22/h6-19,29-30H,1-5H3,(H,34,36)/t29-,30-/m0/s1. The highest BCUT2D eigenvalue weighted by Crippen LogP contribution is 2.47. The number of anilines is 2. The van der Waals surface area contributed by atoms with Crippen LogP contribution in [0.2, 0.25) is 0 Å². The van der Waals surface area contributed by atoms with Crippen LogP contribution in [0.3, 0.4) is 0 Å². The third kappa shape index (κ3) is 5.16. The minimum atomic E-state index is -0.784. The molecule has 0 fully saturated rings. The summed E-state index contributed by atoms with van der Waals surface area (Å²) in [6.45, 7) is 0. The van der Waals surface area contributed by atoms with Gasteiger partial charge in [0.05, 0.1) is 47.5 Å². The molecule has 1 aliphatic rings. The van der Waals surface area contributed by atoms with Crippen molar-refractivity contribution in [2.75, 3.05) is 45.8 Å². The van der Waals surface area contributed by atoms with Crippen molar-refractivity contribution in [1.29, 1.82) is 0 Å². The average molecular weight is 569 g/mol. The van der Waals surface area contributed by atoms with Crippen molar-refractivity contribution in [1.82, 2.24) is 0 Å². The molecule has 0 saturated carbocycles. The molecular formula is C33H32N2O7. The number of nitrogens with zero attached hydrogens (tertiary/aromatic N) is 1. The fraction of sp³-hybridized carbons (Fsp3) is 0.212. The van der Waals surface area contributed by atoms with Crippen LogP contribution in [0.1, 0.15) is 33.4 Å². The number of rotatable bonds is 9. The maximum atomic E-state index is 14.4. The van der Waals surface area contributed by atoms with E-state index in [0.29, 0.717) is 51.2 Å². The Bertz CT molecular complexity index is 1560. The second-order valence-corrected chi connectivity index (χ2v) is 9.56. The largest absolute Gasteiger partial charge is 0.497 e. The molecular weight excluding hydrogens is 536 g/mol. The molecule has 1 aliphatic heterocycles. The number of ether oxygens (including phenoxy) is 5. The van der Waals surface area contributed by atoms with Crippen LogP contribution in [0.25, 0.3) is 0 Å². The van der Waals surface area contributed by atoms with Crippen molar-refractivity contribution >= 4 is 23.2 Å². The van der Waals surface area contributed by atoms with Gasteiger partial charge in [0.15, 0.2) is 11.5 Å². The Morgan fingerprint density at radius 2 is 1.29 bits per heavy atom. The second-order valence-electron chi connectivity index (χ2n) is 9.56. The summed E-state index contributed by atoms with van der Waals surface area (Å²) in [6, 6.07) is 24.5. The molecule has 0 aliphatic carbocycles. The highest BCUT2D eigenvalue weighted by Gasteiger charge is 2.45. The summed E-state index contributed by atoms with van der Waals surface area (Å²) in [4.78, 5) is 30.2. The van der Waals surface area contributed by atoms with E-state index in [0.717, 1.165) is 5.56 Å². The first-order valence-corrected chi connectivity index (χ1v) is 13.2. The SMILES string of the molecule is COc1ccc([C@H]2[C@@H](C(=O)Nc3cc(OC)c(OC)c(OC)c3)c3ccccc3C(=O)N2c2ccc(OC)cc2)cc1. The van der Waals surface area contributed by atoms with Crippen LogP contribution < -0.4 is 33.9 Å². The van der Waals surface area contributed by atoms with Gasteiger partial charge in [0, 0.05) is 29.1 Å². The second kappa shape index (κ2) is 12.1. The molecule has 2 amide bonds. The lowest BCUT2D eigenvalue weighted by Crippen LogP contribution is -2.46. The van der Waals surface area contributed by atoms with Gasteiger partial charge in [-0.25, -0.2) is 0 Å². The van der Waals surface area contributed by atoms with E-state index in [1.807, 2.05) is 48.5 Å². The lowest BCUT2D eigenvalue weighted by atomic mass is 9.78. The third-order valence-electron chi connectivity index (χ3n) is 7.36. The molecule has 0 saturated heterocycles. The van der Waals surface area contributed by atoms with Crippen molar-refractivity contribution in [2.24, 2.45) is 0 Å². The lowest BCUT2D eigenvalue weighted by molar-refractivity contribution is -0.118. The van der Waals surface area contributed by atoms with Crippen LogP contribution in [-0.2, 0) is 4.79 Å². The van der Waals surface area contributed by atoms with Gasteiger partial charge < -0.3 is 29.0 Å². The number of methoxy groups -OCH3 is 5. The zero-order valence-electron chi connectivity index (χ0n) is 24.0. The molecule has 9 nitrogen and oxygen atoms in total. The number of carbonyl (C=O) groups excluding carboxylic acids is 2. The van der Waals surface area contributed by atoms with Crippen molar-refractivity contribution in [3.8, 4) is 28.7 Å². The first-order valence-electron chi connectivity index (χ1n) is 13.2. The minimum absolute atomic E-state index is 0.214. The van der Waals surface area contributed by atoms with Crippen LogP contribution in [0.4, 0.5) is 11.4 Å². The van der Waals surface area contributed by atoms with E-state index in [-0.39, 0.29) is 11.8 Å². The minimum Gasteiger partial charge on any atom is -0.497 e. The van der Waals surface area contributed by atoms with Crippen LogP contribution >= 0.6 is 0 Å². The predicted molar refractivity (Wildman–Crippen MR) is 159 cm³/mol. The lowest BCUT2D eigenvalue weighted by Gasteiger charge is -2.42. The molecule has 0 spiro atoms. The number of amides is 2. The number of nitrogens with one attached hydrogen (secondary N) is 1. The fourth-order valence-corrected chi connectivity index (χ4v) is 5.36. The van der Waals surface area contributed by atoms with E-state index in [1.54, 1.807) is 55.5 Å². The molecule has 0 aromatic heterocycles. The van der Waals surface area contributed by atoms with Crippen molar-refractivity contribution in [3.05, 3.63) is 102 Å². The highest BCUT2D eigenvalue weighted by atomic mass is 16.5.